The summed E-state index contributed by atoms with van der Waals surface area (Å²) in [5, 5.41) is 11.6. The number of urea groups is 1. The zero-order chi connectivity index (χ0) is 16.9. The molecule has 0 radical (unpaired) electrons. The molecule has 1 saturated carbocycles. The molecule has 6 nitrogen and oxygen atoms in total. The first kappa shape index (κ1) is 17.0. The SMILES string of the molecule is Cc1cnc([C@H](C)CNC(=O)N[C@@H]2CCCC[C@H]2n2cccn2)s1. The number of rotatable bonds is 5. The van der Waals surface area contributed by atoms with Crippen LogP contribution < -0.4 is 10.6 Å². The third kappa shape index (κ3) is 4.14. The average Bonchev–Trinajstić information content (AvgIpc) is 3.25. The summed E-state index contributed by atoms with van der Waals surface area (Å²) in [6.45, 7) is 4.73. The Labute approximate surface area is 146 Å². The van der Waals surface area contributed by atoms with Gasteiger partial charge in [0.25, 0.3) is 0 Å². The van der Waals surface area contributed by atoms with Gasteiger partial charge in [-0.25, -0.2) is 9.78 Å². The van der Waals surface area contributed by atoms with E-state index in [1.54, 1.807) is 17.5 Å². The Morgan fingerprint density at radius 2 is 2.29 bits per heavy atom. The summed E-state index contributed by atoms with van der Waals surface area (Å²) < 4.78 is 1.98. The Bertz CT molecular complexity index is 654. The van der Waals surface area contributed by atoms with Gasteiger partial charge in [-0.3, -0.25) is 4.68 Å². The highest BCUT2D eigenvalue weighted by Gasteiger charge is 2.28. The lowest BCUT2D eigenvalue weighted by atomic mass is 9.90. The number of hydrogen-bond acceptors (Lipinski definition) is 4. The predicted octanol–water partition coefficient (Wildman–Crippen LogP) is 3.23. The third-order valence-electron chi connectivity index (χ3n) is 4.54. The number of hydrogen-bond donors (Lipinski definition) is 2. The highest BCUT2D eigenvalue weighted by Crippen LogP contribution is 2.28. The fourth-order valence-corrected chi connectivity index (χ4v) is 4.05. The molecule has 0 aliphatic heterocycles. The first-order valence-electron chi connectivity index (χ1n) is 8.59. The van der Waals surface area contributed by atoms with Crippen molar-refractivity contribution in [2.24, 2.45) is 0 Å². The Kier molecular flexibility index (Phi) is 5.50. The van der Waals surface area contributed by atoms with Crippen molar-refractivity contribution in [3.63, 3.8) is 0 Å². The lowest BCUT2D eigenvalue weighted by Gasteiger charge is -2.32. The van der Waals surface area contributed by atoms with Crippen molar-refractivity contribution in [1.29, 1.82) is 0 Å². The maximum absolute atomic E-state index is 12.3. The summed E-state index contributed by atoms with van der Waals surface area (Å²) in [7, 11) is 0. The van der Waals surface area contributed by atoms with E-state index in [2.05, 4.69) is 27.6 Å². The van der Waals surface area contributed by atoms with Crippen molar-refractivity contribution in [3.8, 4) is 0 Å². The van der Waals surface area contributed by atoms with Crippen LogP contribution in [0.15, 0.2) is 24.7 Å². The van der Waals surface area contributed by atoms with Crippen LogP contribution in [0.2, 0.25) is 0 Å². The second kappa shape index (κ2) is 7.79. The van der Waals surface area contributed by atoms with E-state index in [9.17, 15) is 4.79 Å². The standard InChI is InChI=1S/C17H25N5OS/c1-12(16-18-11-13(2)24-16)10-19-17(23)21-14-6-3-4-7-15(14)22-9-5-8-20-22/h5,8-9,11-12,14-15H,3-4,6-7,10H2,1-2H3,(H2,19,21,23)/t12-,14-,15-/m1/s1. The molecule has 0 unspecified atom stereocenters. The summed E-state index contributed by atoms with van der Waals surface area (Å²) in [5.41, 5.74) is 0. The Morgan fingerprint density at radius 3 is 3.00 bits per heavy atom. The number of aryl methyl sites for hydroxylation is 1. The molecule has 1 aliphatic rings. The van der Waals surface area contributed by atoms with Crippen LogP contribution in [0.4, 0.5) is 4.79 Å². The van der Waals surface area contributed by atoms with Gasteiger partial charge >= 0.3 is 6.03 Å². The topological polar surface area (TPSA) is 71.8 Å². The second-order valence-corrected chi connectivity index (χ2v) is 7.78. The number of carbonyl (C=O) groups excluding carboxylic acids is 1. The highest BCUT2D eigenvalue weighted by atomic mass is 32.1. The maximum Gasteiger partial charge on any atom is 0.315 e. The lowest BCUT2D eigenvalue weighted by Crippen LogP contribution is -2.48. The minimum atomic E-state index is -0.0980. The number of aromatic nitrogens is 3. The largest absolute Gasteiger partial charge is 0.337 e. The monoisotopic (exact) mass is 347 g/mol. The number of thiazole rings is 1. The average molecular weight is 347 g/mol. The molecular formula is C17H25N5OS. The molecule has 2 heterocycles. The molecule has 0 bridgehead atoms. The van der Waals surface area contributed by atoms with Crippen molar-refractivity contribution in [1.82, 2.24) is 25.4 Å². The van der Waals surface area contributed by atoms with Crippen LogP contribution in [0.3, 0.4) is 0 Å². The van der Waals surface area contributed by atoms with Crippen molar-refractivity contribution < 1.29 is 4.79 Å². The summed E-state index contributed by atoms with van der Waals surface area (Å²) in [6.07, 6.45) is 10.1. The zero-order valence-corrected chi connectivity index (χ0v) is 15.1. The molecule has 2 N–H and O–H groups in total. The fourth-order valence-electron chi connectivity index (χ4n) is 3.23. The number of amides is 2. The van der Waals surface area contributed by atoms with Gasteiger partial charge in [-0.15, -0.1) is 11.3 Å². The van der Waals surface area contributed by atoms with E-state index in [0.717, 1.165) is 24.3 Å². The smallest absolute Gasteiger partial charge is 0.315 e. The summed E-state index contributed by atoms with van der Waals surface area (Å²) in [6, 6.07) is 2.22. The number of carbonyl (C=O) groups is 1. The molecule has 0 spiro atoms. The van der Waals surface area contributed by atoms with Crippen LogP contribution in [0.5, 0.6) is 0 Å². The van der Waals surface area contributed by atoms with Crippen LogP contribution in [0.25, 0.3) is 0 Å². The number of nitrogens with one attached hydrogen (secondary N) is 2. The van der Waals surface area contributed by atoms with Gasteiger partial charge in [0.05, 0.1) is 17.1 Å². The normalized spacial score (nSPS) is 22.1. The van der Waals surface area contributed by atoms with E-state index in [0.29, 0.717) is 6.54 Å². The zero-order valence-electron chi connectivity index (χ0n) is 14.2. The van der Waals surface area contributed by atoms with Gasteiger partial charge in [-0.1, -0.05) is 19.8 Å². The molecule has 130 valence electrons. The van der Waals surface area contributed by atoms with Crippen LogP contribution >= 0.6 is 11.3 Å². The van der Waals surface area contributed by atoms with Gasteiger partial charge in [0.1, 0.15) is 0 Å². The molecule has 3 atom stereocenters. The first-order chi connectivity index (χ1) is 11.6. The van der Waals surface area contributed by atoms with Crippen LogP contribution in [-0.2, 0) is 0 Å². The van der Waals surface area contributed by atoms with Gasteiger partial charge in [0.2, 0.25) is 0 Å². The van der Waals surface area contributed by atoms with Crippen molar-refractivity contribution in [2.45, 2.75) is 57.5 Å². The molecular weight excluding hydrogens is 322 g/mol. The van der Waals surface area contributed by atoms with Crippen LogP contribution in [-0.4, -0.2) is 33.4 Å². The van der Waals surface area contributed by atoms with E-state index in [4.69, 9.17) is 0 Å². The van der Waals surface area contributed by atoms with E-state index in [1.807, 2.05) is 30.1 Å². The van der Waals surface area contributed by atoms with Gasteiger partial charge in [0.15, 0.2) is 0 Å². The summed E-state index contributed by atoms with van der Waals surface area (Å²) in [5.74, 6) is 0.225. The third-order valence-corrected chi connectivity index (χ3v) is 5.68. The maximum atomic E-state index is 12.3. The van der Waals surface area contributed by atoms with Crippen molar-refractivity contribution in [3.05, 3.63) is 34.5 Å². The Morgan fingerprint density at radius 1 is 1.46 bits per heavy atom. The first-order valence-corrected chi connectivity index (χ1v) is 9.41. The lowest BCUT2D eigenvalue weighted by molar-refractivity contribution is 0.213. The van der Waals surface area contributed by atoms with E-state index in [1.165, 1.54) is 11.3 Å². The van der Waals surface area contributed by atoms with Gasteiger partial charge in [-0.05, 0) is 25.8 Å². The molecule has 24 heavy (non-hydrogen) atoms. The number of nitrogens with zero attached hydrogens (tertiary/aromatic N) is 3. The quantitative estimate of drug-likeness (QED) is 0.872. The highest BCUT2D eigenvalue weighted by molar-refractivity contribution is 7.11. The summed E-state index contributed by atoms with van der Waals surface area (Å²) in [4.78, 5) is 17.9. The van der Waals surface area contributed by atoms with Gasteiger partial charge in [0, 0.05) is 35.9 Å². The molecule has 2 amide bonds. The molecule has 7 heteroatoms. The Hall–Kier alpha value is -1.89. The van der Waals surface area contributed by atoms with E-state index >= 15 is 0 Å². The molecule has 1 aliphatic carbocycles. The van der Waals surface area contributed by atoms with E-state index in [-0.39, 0.29) is 24.0 Å². The van der Waals surface area contributed by atoms with Crippen molar-refractivity contribution in [2.75, 3.05) is 6.54 Å². The van der Waals surface area contributed by atoms with E-state index < -0.39 is 0 Å². The van der Waals surface area contributed by atoms with Crippen LogP contribution in [0.1, 0.15) is 54.5 Å². The molecule has 2 aromatic heterocycles. The molecule has 2 aromatic rings. The van der Waals surface area contributed by atoms with Gasteiger partial charge in [-0.2, -0.15) is 5.10 Å². The minimum Gasteiger partial charge on any atom is -0.337 e. The summed E-state index contributed by atoms with van der Waals surface area (Å²) >= 11 is 1.69. The van der Waals surface area contributed by atoms with Crippen molar-refractivity contribution >= 4 is 17.4 Å². The fraction of sp³-hybridized carbons (Fsp3) is 0.588. The Balaban J connectivity index is 1.51. The molecule has 0 saturated heterocycles. The molecule has 1 fully saturated rings. The van der Waals surface area contributed by atoms with Crippen LogP contribution in [0, 0.1) is 6.92 Å². The van der Waals surface area contributed by atoms with Gasteiger partial charge < -0.3 is 10.6 Å². The predicted molar refractivity (Wildman–Crippen MR) is 95.3 cm³/mol. The molecule has 0 aromatic carbocycles. The molecule has 3 rings (SSSR count). The second-order valence-electron chi connectivity index (χ2n) is 6.51. The minimum absolute atomic E-state index is 0.0980.